The number of hydrogen-bond donors (Lipinski definition) is 1. The number of alkyl halides is 6. The molecular formula is C28H17F6N3O5S2. The van der Waals surface area contributed by atoms with Gasteiger partial charge in [-0.2, -0.15) is 26.3 Å². The Kier molecular flexibility index (Phi) is 7.23. The Hall–Kier alpha value is -4.31. The fourth-order valence-corrected chi connectivity index (χ4v) is 8.10. The van der Waals surface area contributed by atoms with Crippen molar-refractivity contribution in [1.82, 2.24) is 4.57 Å². The van der Waals surface area contributed by atoms with Gasteiger partial charge >= 0.3 is 17.2 Å². The molecule has 0 bridgehead atoms. The van der Waals surface area contributed by atoms with E-state index in [2.05, 4.69) is 5.32 Å². The first-order valence-corrected chi connectivity index (χ1v) is 14.4. The molecule has 0 spiro atoms. The zero-order valence-electron chi connectivity index (χ0n) is 21.8. The van der Waals surface area contributed by atoms with Crippen LogP contribution in [0, 0.1) is 5.92 Å². The zero-order chi connectivity index (χ0) is 31.6. The summed E-state index contributed by atoms with van der Waals surface area (Å²) in [5.41, 5.74) is -3.47. The van der Waals surface area contributed by atoms with E-state index in [-0.39, 0.29) is 15.7 Å². The smallest absolute Gasteiger partial charge is 0.418 e. The lowest BCUT2D eigenvalue weighted by Gasteiger charge is -2.29. The topological polar surface area (TPSA) is 102 Å². The summed E-state index contributed by atoms with van der Waals surface area (Å²) in [4.78, 5) is 53.5. The van der Waals surface area contributed by atoms with E-state index in [0.717, 1.165) is 52.7 Å². The first-order valence-electron chi connectivity index (χ1n) is 12.7. The fourth-order valence-electron chi connectivity index (χ4n) is 5.35. The Bertz CT molecular complexity index is 1850. The molecular weight excluding hydrogens is 636 g/mol. The number of imide groups is 1. The minimum absolute atomic E-state index is 0.0778. The molecule has 0 saturated carbocycles. The van der Waals surface area contributed by atoms with E-state index in [1.54, 1.807) is 0 Å². The second kappa shape index (κ2) is 10.7. The van der Waals surface area contributed by atoms with E-state index < -0.39 is 81.1 Å². The molecule has 4 heterocycles. The lowest BCUT2D eigenvalue weighted by atomic mass is 9.86. The number of rotatable bonds is 5. The van der Waals surface area contributed by atoms with E-state index in [9.17, 15) is 45.5 Å². The quantitative estimate of drug-likeness (QED) is 0.210. The second-order valence-corrected chi connectivity index (χ2v) is 11.9. The summed E-state index contributed by atoms with van der Waals surface area (Å²) < 4.78 is 88.4. The minimum Gasteiger partial charge on any atom is -0.469 e. The molecule has 1 saturated heterocycles. The van der Waals surface area contributed by atoms with Crippen molar-refractivity contribution < 1.29 is 45.1 Å². The molecule has 6 rings (SSSR count). The Labute approximate surface area is 251 Å². The number of para-hydroxylation sites is 2. The van der Waals surface area contributed by atoms with Crippen LogP contribution in [0.4, 0.5) is 37.7 Å². The number of nitrogens with zero attached hydrogens (tertiary/aromatic N) is 2. The van der Waals surface area contributed by atoms with Gasteiger partial charge in [-0.3, -0.25) is 23.7 Å². The molecule has 44 heavy (non-hydrogen) atoms. The number of carbonyl (C=O) groups excluding carboxylic acids is 3. The SMILES string of the molecule is O=C(Cn1c2c(sc1=O)[C@@H](c1ccco1)[C@@H]1C(=O)N(c3ccccc3C(F)(F)F)C(=O)[C@@H]1S2)Nc1ccccc1C(F)(F)F. The normalized spacial score (nSPS) is 20.0. The van der Waals surface area contributed by atoms with Crippen molar-refractivity contribution in [3.05, 3.63) is 98.4 Å². The number of anilines is 2. The summed E-state index contributed by atoms with van der Waals surface area (Å²) in [5.74, 6) is -5.03. The van der Waals surface area contributed by atoms with Gasteiger partial charge in [-0.15, -0.1) is 0 Å². The molecule has 2 aliphatic rings. The van der Waals surface area contributed by atoms with Gasteiger partial charge in [0, 0.05) is 0 Å². The van der Waals surface area contributed by atoms with E-state index in [1.165, 1.54) is 30.5 Å². The van der Waals surface area contributed by atoms with Crippen LogP contribution in [0.2, 0.25) is 0 Å². The first-order chi connectivity index (χ1) is 20.8. The summed E-state index contributed by atoms with van der Waals surface area (Å²) >= 11 is 1.37. The third-order valence-corrected chi connectivity index (χ3v) is 9.76. The molecule has 1 N–H and O–H groups in total. The molecule has 0 unspecified atom stereocenters. The van der Waals surface area contributed by atoms with Crippen molar-refractivity contribution in [2.24, 2.45) is 5.92 Å². The lowest BCUT2D eigenvalue weighted by molar-refractivity contribution is -0.138. The van der Waals surface area contributed by atoms with Crippen LogP contribution in [0.3, 0.4) is 0 Å². The average molecular weight is 654 g/mol. The molecule has 4 aromatic rings. The van der Waals surface area contributed by atoms with Crippen LogP contribution in [-0.2, 0) is 33.3 Å². The number of amides is 3. The molecule has 3 atom stereocenters. The van der Waals surface area contributed by atoms with E-state index in [0.29, 0.717) is 16.2 Å². The molecule has 16 heteroatoms. The number of benzene rings is 2. The Morgan fingerprint density at radius 1 is 0.864 bits per heavy atom. The van der Waals surface area contributed by atoms with E-state index >= 15 is 0 Å². The largest absolute Gasteiger partial charge is 0.469 e. The number of aromatic nitrogens is 1. The van der Waals surface area contributed by atoms with Crippen LogP contribution in [-0.4, -0.2) is 27.5 Å². The predicted octanol–water partition coefficient (Wildman–Crippen LogP) is 5.97. The second-order valence-electron chi connectivity index (χ2n) is 9.80. The van der Waals surface area contributed by atoms with Crippen LogP contribution < -0.4 is 15.1 Å². The number of thioether (sulfide) groups is 1. The van der Waals surface area contributed by atoms with Gasteiger partial charge in [0.05, 0.1) is 50.5 Å². The summed E-state index contributed by atoms with van der Waals surface area (Å²) in [6.07, 6.45) is -8.36. The van der Waals surface area contributed by atoms with Crippen LogP contribution >= 0.6 is 23.1 Å². The molecule has 0 radical (unpaired) electrons. The maximum absolute atomic E-state index is 13.9. The molecule has 1 fully saturated rings. The number of furan rings is 1. The third-order valence-electron chi connectivity index (χ3n) is 7.16. The summed E-state index contributed by atoms with van der Waals surface area (Å²) in [7, 11) is 0. The van der Waals surface area contributed by atoms with Crippen molar-refractivity contribution in [2.45, 2.75) is 35.1 Å². The molecule has 3 amide bonds. The van der Waals surface area contributed by atoms with Crippen LogP contribution in [0.5, 0.6) is 0 Å². The van der Waals surface area contributed by atoms with Crippen molar-refractivity contribution in [1.29, 1.82) is 0 Å². The van der Waals surface area contributed by atoms with Gasteiger partial charge in [0.25, 0.3) is 0 Å². The van der Waals surface area contributed by atoms with Gasteiger partial charge in [-0.1, -0.05) is 47.4 Å². The Morgan fingerprint density at radius 3 is 2.18 bits per heavy atom. The fraction of sp³-hybridized carbons (Fsp3) is 0.214. The standard InChI is InChI=1S/C28H17F6N3O5S2/c29-27(30,31)13-6-1-3-8-15(13)35-18(38)12-36-25-22(44-26(36)41)19(17-10-5-11-42-17)20-21(43-25)24(40)37(23(20)39)16-9-4-2-7-14(16)28(32,33)34/h1-11,19-21H,12H2,(H,35,38)/t19-,20-,21+/m0/s1. The third kappa shape index (κ3) is 5.00. The van der Waals surface area contributed by atoms with Crippen LogP contribution in [0.15, 0.2) is 81.2 Å². The number of thiazole rings is 1. The van der Waals surface area contributed by atoms with E-state index in [1.807, 2.05) is 0 Å². The lowest BCUT2D eigenvalue weighted by Crippen LogP contribution is -2.33. The number of fused-ring (bicyclic) bond motifs is 2. The maximum atomic E-state index is 13.9. The van der Waals surface area contributed by atoms with Gasteiger partial charge in [-0.25, -0.2) is 4.90 Å². The van der Waals surface area contributed by atoms with Gasteiger partial charge in [0.15, 0.2) is 0 Å². The number of nitrogens with one attached hydrogen (secondary N) is 1. The van der Waals surface area contributed by atoms with Gasteiger partial charge in [0.2, 0.25) is 17.7 Å². The number of hydrogen-bond acceptors (Lipinski definition) is 7. The molecule has 8 nitrogen and oxygen atoms in total. The highest BCUT2D eigenvalue weighted by Gasteiger charge is 2.58. The highest BCUT2D eigenvalue weighted by molar-refractivity contribution is 8.00. The van der Waals surface area contributed by atoms with Gasteiger partial charge in [-0.05, 0) is 36.4 Å². The average Bonchev–Trinajstić information content (AvgIpc) is 3.65. The summed E-state index contributed by atoms with van der Waals surface area (Å²) in [6, 6.07) is 11.4. The number of halogens is 6. The monoisotopic (exact) mass is 653 g/mol. The Morgan fingerprint density at radius 2 is 1.52 bits per heavy atom. The highest BCUT2D eigenvalue weighted by Crippen LogP contribution is 2.54. The molecule has 0 aliphatic carbocycles. The van der Waals surface area contributed by atoms with E-state index in [4.69, 9.17) is 4.42 Å². The van der Waals surface area contributed by atoms with Crippen molar-refractivity contribution in [2.75, 3.05) is 10.2 Å². The molecule has 228 valence electrons. The highest BCUT2D eigenvalue weighted by atomic mass is 32.2. The first kappa shape index (κ1) is 29.7. The number of carbonyl (C=O) groups is 3. The zero-order valence-corrected chi connectivity index (χ0v) is 23.4. The molecule has 2 aromatic heterocycles. The van der Waals surface area contributed by atoms with Crippen LogP contribution in [0.25, 0.3) is 0 Å². The van der Waals surface area contributed by atoms with Crippen molar-refractivity contribution in [3.8, 4) is 0 Å². The van der Waals surface area contributed by atoms with Crippen molar-refractivity contribution >= 4 is 52.2 Å². The van der Waals surface area contributed by atoms with Crippen LogP contribution in [0.1, 0.15) is 27.7 Å². The van der Waals surface area contributed by atoms with Gasteiger partial charge in [0.1, 0.15) is 17.6 Å². The summed E-state index contributed by atoms with van der Waals surface area (Å²) in [5, 5.41) is 0.934. The molecule has 2 aliphatic heterocycles. The predicted molar refractivity (Wildman–Crippen MR) is 146 cm³/mol. The molecule has 2 aromatic carbocycles. The maximum Gasteiger partial charge on any atom is 0.418 e. The Balaban J connectivity index is 1.39. The minimum atomic E-state index is -4.88. The van der Waals surface area contributed by atoms with Crippen molar-refractivity contribution in [3.63, 3.8) is 0 Å². The van der Waals surface area contributed by atoms with Gasteiger partial charge < -0.3 is 9.73 Å². The summed E-state index contributed by atoms with van der Waals surface area (Å²) in [6.45, 7) is -0.741.